The molecule has 160 valence electrons. The highest BCUT2D eigenvalue weighted by atomic mass is 19.4. The van der Waals surface area contributed by atoms with Crippen molar-refractivity contribution >= 4 is 17.6 Å². The van der Waals surface area contributed by atoms with Crippen LogP contribution >= 0.6 is 0 Å². The zero-order valence-corrected chi connectivity index (χ0v) is 16.3. The molecule has 0 radical (unpaired) electrons. The predicted octanol–water partition coefficient (Wildman–Crippen LogP) is 3.19. The number of amides is 2. The number of hydrogen-bond donors (Lipinski definition) is 2. The fraction of sp³-hybridized carbons (Fsp3) is 0.650. The van der Waals surface area contributed by atoms with Gasteiger partial charge in [-0.1, -0.05) is 12.8 Å². The maximum absolute atomic E-state index is 12.7. The molecule has 1 aromatic rings. The minimum atomic E-state index is -4.46. The third-order valence-electron chi connectivity index (χ3n) is 5.90. The number of piperidine rings is 1. The van der Waals surface area contributed by atoms with Crippen molar-refractivity contribution in [3.8, 4) is 0 Å². The van der Waals surface area contributed by atoms with E-state index < -0.39 is 11.7 Å². The van der Waals surface area contributed by atoms with Gasteiger partial charge in [-0.05, 0) is 43.7 Å². The first-order chi connectivity index (χ1) is 13.7. The summed E-state index contributed by atoms with van der Waals surface area (Å²) in [4.78, 5) is 30.4. The second-order valence-electron chi connectivity index (χ2n) is 8.01. The van der Waals surface area contributed by atoms with Crippen molar-refractivity contribution in [1.82, 2.24) is 9.88 Å². The summed E-state index contributed by atoms with van der Waals surface area (Å²) in [5.74, 6) is -0.00448. The molecule has 2 unspecified atom stereocenters. The standard InChI is InChI=1S/C20H27F3N4O2/c21-20(22,23)14-5-6-17(25-12-14)26-18(28)11-13-7-9-27(10-8-13)19(29)15-3-1-2-4-16(15)24/h5-6,12-13,15-16H,1-4,7-11,24H2,(H,25,26,28). The summed E-state index contributed by atoms with van der Waals surface area (Å²) in [5.41, 5.74) is 5.26. The van der Waals surface area contributed by atoms with E-state index >= 15 is 0 Å². The van der Waals surface area contributed by atoms with Gasteiger partial charge in [0.1, 0.15) is 5.82 Å². The van der Waals surface area contributed by atoms with Gasteiger partial charge in [0, 0.05) is 31.7 Å². The minimum absolute atomic E-state index is 0.0593. The Labute approximate surface area is 168 Å². The van der Waals surface area contributed by atoms with Crippen LogP contribution in [0, 0.1) is 11.8 Å². The molecule has 3 rings (SSSR count). The van der Waals surface area contributed by atoms with Crippen LogP contribution in [0.2, 0.25) is 0 Å². The Bertz CT molecular complexity index is 715. The van der Waals surface area contributed by atoms with Gasteiger partial charge in [-0.3, -0.25) is 9.59 Å². The molecule has 1 aliphatic carbocycles. The molecule has 2 atom stereocenters. The molecule has 2 fully saturated rings. The topological polar surface area (TPSA) is 88.3 Å². The first kappa shape index (κ1) is 21.5. The molecule has 9 heteroatoms. The predicted molar refractivity (Wildman–Crippen MR) is 102 cm³/mol. The molecule has 1 aromatic heterocycles. The summed E-state index contributed by atoms with van der Waals surface area (Å²) in [5, 5.41) is 2.54. The molecule has 2 heterocycles. The first-order valence-corrected chi connectivity index (χ1v) is 10.1. The molecule has 29 heavy (non-hydrogen) atoms. The van der Waals surface area contributed by atoms with Crippen LogP contribution in [-0.4, -0.2) is 40.8 Å². The molecule has 3 N–H and O–H groups in total. The second kappa shape index (κ2) is 9.11. The molecule has 0 bridgehead atoms. The largest absolute Gasteiger partial charge is 0.417 e. The maximum Gasteiger partial charge on any atom is 0.417 e. The van der Waals surface area contributed by atoms with Crippen molar-refractivity contribution in [2.24, 2.45) is 17.6 Å². The highest BCUT2D eigenvalue weighted by Crippen LogP contribution is 2.30. The highest BCUT2D eigenvalue weighted by Gasteiger charge is 2.34. The Morgan fingerprint density at radius 2 is 1.83 bits per heavy atom. The van der Waals surface area contributed by atoms with E-state index in [0.29, 0.717) is 19.3 Å². The number of nitrogens with zero attached hydrogens (tertiary/aromatic N) is 2. The number of anilines is 1. The third-order valence-corrected chi connectivity index (χ3v) is 5.90. The summed E-state index contributed by atoms with van der Waals surface area (Å²) in [6, 6.07) is 1.98. The number of likely N-dealkylation sites (tertiary alicyclic amines) is 1. The first-order valence-electron chi connectivity index (χ1n) is 10.1. The molecule has 1 saturated carbocycles. The number of aromatic nitrogens is 1. The molecule has 2 amide bonds. The number of nitrogens with one attached hydrogen (secondary N) is 1. The molecule has 6 nitrogen and oxygen atoms in total. The van der Waals surface area contributed by atoms with Gasteiger partial charge in [-0.25, -0.2) is 4.98 Å². The highest BCUT2D eigenvalue weighted by molar-refractivity contribution is 5.89. The van der Waals surface area contributed by atoms with Gasteiger partial charge < -0.3 is 16.0 Å². The van der Waals surface area contributed by atoms with Gasteiger partial charge in [0.2, 0.25) is 11.8 Å². The van der Waals surface area contributed by atoms with E-state index in [-0.39, 0.29) is 41.9 Å². The van der Waals surface area contributed by atoms with E-state index in [4.69, 9.17) is 5.73 Å². The van der Waals surface area contributed by atoms with Gasteiger partial charge in [0.15, 0.2) is 0 Å². The number of carbonyl (C=O) groups excluding carboxylic acids is 2. The average molecular weight is 412 g/mol. The number of nitrogens with two attached hydrogens (primary N) is 1. The smallest absolute Gasteiger partial charge is 0.342 e. The molecular formula is C20H27F3N4O2. The fourth-order valence-corrected chi connectivity index (χ4v) is 4.15. The molecule has 0 aromatic carbocycles. The maximum atomic E-state index is 12.7. The van der Waals surface area contributed by atoms with Gasteiger partial charge >= 0.3 is 6.18 Å². The van der Waals surface area contributed by atoms with Gasteiger partial charge in [0.05, 0.1) is 11.5 Å². The van der Waals surface area contributed by atoms with Crippen LogP contribution in [0.1, 0.15) is 50.5 Å². The van der Waals surface area contributed by atoms with Crippen molar-refractivity contribution in [1.29, 1.82) is 0 Å². The van der Waals surface area contributed by atoms with Crippen LogP contribution in [0.3, 0.4) is 0 Å². The number of rotatable bonds is 4. The van der Waals surface area contributed by atoms with Crippen molar-refractivity contribution < 1.29 is 22.8 Å². The van der Waals surface area contributed by atoms with E-state index in [9.17, 15) is 22.8 Å². The summed E-state index contributed by atoms with van der Waals surface area (Å²) in [7, 11) is 0. The molecule has 2 aliphatic rings. The molecule has 1 saturated heterocycles. The van der Waals surface area contributed by atoms with E-state index in [1.807, 2.05) is 4.90 Å². The normalized spacial score (nSPS) is 23.7. The lowest BCUT2D eigenvalue weighted by molar-refractivity contribution is -0.139. The number of halogens is 3. The van der Waals surface area contributed by atoms with Crippen LogP contribution in [0.25, 0.3) is 0 Å². The minimum Gasteiger partial charge on any atom is -0.342 e. The van der Waals surface area contributed by atoms with Crippen molar-refractivity contribution in [2.45, 2.75) is 57.2 Å². The van der Waals surface area contributed by atoms with Gasteiger partial charge in [-0.15, -0.1) is 0 Å². The summed E-state index contributed by atoms with van der Waals surface area (Å²) in [6.07, 6.45) is 1.82. The number of alkyl halides is 3. The van der Waals surface area contributed by atoms with Crippen molar-refractivity contribution in [3.05, 3.63) is 23.9 Å². The van der Waals surface area contributed by atoms with Crippen LogP contribution < -0.4 is 11.1 Å². The lowest BCUT2D eigenvalue weighted by Crippen LogP contribution is -2.48. The second-order valence-corrected chi connectivity index (χ2v) is 8.01. The SMILES string of the molecule is NC1CCCCC1C(=O)N1CCC(CC(=O)Nc2ccc(C(F)(F)F)cn2)CC1. The van der Waals surface area contributed by atoms with Crippen LogP contribution in [0.5, 0.6) is 0 Å². The van der Waals surface area contributed by atoms with E-state index in [2.05, 4.69) is 10.3 Å². The summed E-state index contributed by atoms with van der Waals surface area (Å²) >= 11 is 0. The van der Waals surface area contributed by atoms with Gasteiger partial charge in [0.25, 0.3) is 0 Å². The van der Waals surface area contributed by atoms with Crippen molar-refractivity contribution in [3.63, 3.8) is 0 Å². The fourth-order valence-electron chi connectivity index (χ4n) is 4.15. The molecule has 0 spiro atoms. The van der Waals surface area contributed by atoms with E-state index in [1.165, 1.54) is 0 Å². The lowest BCUT2D eigenvalue weighted by Gasteiger charge is -2.37. The Hall–Kier alpha value is -2.16. The zero-order chi connectivity index (χ0) is 21.0. The van der Waals surface area contributed by atoms with E-state index in [0.717, 1.165) is 50.7 Å². The molecular weight excluding hydrogens is 385 g/mol. The van der Waals surface area contributed by atoms with Crippen molar-refractivity contribution in [2.75, 3.05) is 18.4 Å². The summed E-state index contributed by atoms with van der Waals surface area (Å²) in [6.45, 7) is 1.22. The van der Waals surface area contributed by atoms with Crippen LogP contribution in [0.4, 0.5) is 19.0 Å². The Balaban J connectivity index is 1.44. The van der Waals surface area contributed by atoms with Crippen LogP contribution in [0.15, 0.2) is 18.3 Å². The Morgan fingerprint density at radius 1 is 1.14 bits per heavy atom. The molecule has 1 aliphatic heterocycles. The quantitative estimate of drug-likeness (QED) is 0.795. The average Bonchev–Trinajstić information content (AvgIpc) is 2.68. The van der Waals surface area contributed by atoms with Crippen LogP contribution in [-0.2, 0) is 15.8 Å². The zero-order valence-electron chi connectivity index (χ0n) is 16.3. The Kier molecular flexibility index (Phi) is 6.77. The number of carbonyl (C=O) groups is 2. The Morgan fingerprint density at radius 3 is 2.41 bits per heavy atom. The number of hydrogen-bond acceptors (Lipinski definition) is 4. The summed E-state index contributed by atoms with van der Waals surface area (Å²) < 4.78 is 37.7. The van der Waals surface area contributed by atoms with Gasteiger partial charge in [-0.2, -0.15) is 13.2 Å². The third kappa shape index (κ3) is 5.68. The monoisotopic (exact) mass is 412 g/mol. The number of pyridine rings is 1. The van der Waals surface area contributed by atoms with E-state index in [1.54, 1.807) is 0 Å². The lowest BCUT2D eigenvalue weighted by atomic mass is 9.83.